The lowest BCUT2D eigenvalue weighted by Crippen LogP contribution is -2.45. The quantitative estimate of drug-likeness (QED) is 0.138. The summed E-state index contributed by atoms with van der Waals surface area (Å²) in [5.74, 6) is 1.31. The molecule has 1 N–H and O–H groups in total. The van der Waals surface area contributed by atoms with E-state index in [1.54, 1.807) is 28.6 Å². The van der Waals surface area contributed by atoms with Crippen LogP contribution in [0.4, 0.5) is 11.4 Å². The molecule has 2 atom stereocenters. The first kappa shape index (κ1) is 47.0. The Kier molecular flexibility index (Phi) is 18.2. The van der Waals surface area contributed by atoms with E-state index in [1.807, 2.05) is 12.1 Å². The molecule has 2 unspecified atom stereocenters. The molecule has 0 aromatic heterocycles. The summed E-state index contributed by atoms with van der Waals surface area (Å²) in [6, 6.07) is 11.6. The smallest absolute Gasteiger partial charge is 0.269 e. The fraction of sp³-hybridized carbons (Fsp3) is 0.700. The standard InChI is InChI=1S/C20H31N3O4S.C19H29N3O2.CH3ClO2S/c1-3-10-21(15-16-8-11-22(12-9-16)28(2,26)27)19-6-4-17-5-7-20(23(24)25)14-18(17)13-19;1-2-11-21(14-15-7-9-20-10-8-15)18-5-3-16-4-6-19(22(23)24)13-17(16)12-18;1-5(2,3)4/h5,7,14,16,19H,3-4,6,8-13,15H2,1-2H3;4,6,13,15,18,20H,2-3,5,7-12,14H2,1H3;1H3. The van der Waals surface area contributed by atoms with Crippen molar-refractivity contribution in [3.8, 4) is 0 Å². The third-order valence-corrected chi connectivity index (χ3v) is 13.1. The molecule has 4 aliphatic rings. The Labute approximate surface area is 344 Å². The number of fused-ring (bicyclic) bond motifs is 2. The molecule has 2 saturated heterocycles. The Bertz CT molecular complexity index is 1850. The molecule has 14 nitrogen and oxygen atoms in total. The highest BCUT2D eigenvalue weighted by Crippen LogP contribution is 2.31. The zero-order chi connectivity index (χ0) is 41.8. The van der Waals surface area contributed by atoms with Gasteiger partial charge in [0, 0.05) is 73.2 Å². The van der Waals surface area contributed by atoms with Crippen LogP contribution in [0.5, 0.6) is 0 Å². The van der Waals surface area contributed by atoms with Gasteiger partial charge in [-0.05, 0) is 137 Å². The van der Waals surface area contributed by atoms with Gasteiger partial charge in [0.25, 0.3) is 11.4 Å². The number of hydrogen-bond donors (Lipinski definition) is 1. The second-order valence-corrected chi connectivity index (χ2v) is 21.2. The van der Waals surface area contributed by atoms with E-state index in [2.05, 4.69) is 39.6 Å². The molecule has 57 heavy (non-hydrogen) atoms. The largest absolute Gasteiger partial charge is 0.317 e. The lowest BCUT2D eigenvalue weighted by molar-refractivity contribution is -0.385. The maximum absolute atomic E-state index is 11.7. The van der Waals surface area contributed by atoms with Crippen molar-refractivity contribution < 1.29 is 26.7 Å². The van der Waals surface area contributed by atoms with Gasteiger partial charge < -0.3 is 5.32 Å². The average Bonchev–Trinajstić information content (AvgIpc) is 3.16. The van der Waals surface area contributed by atoms with E-state index in [1.165, 1.54) is 55.2 Å². The van der Waals surface area contributed by atoms with Crippen LogP contribution >= 0.6 is 10.7 Å². The Morgan fingerprint density at radius 1 is 0.702 bits per heavy atom. The van der Waals surface area contributed by atoms with E-state index >= 15 is 0 Å². The first-order valence-corrected chi connectivity index (χ1v) is 25.1. The van der Waals surface area contributed by atoms with Crippen molar-refractivity contribution in [2.75, 3.05) is 64.9 Å². The predicted octanol–water partition coefficient (Wildman–Crippen LogP) is 6.18. The van der Waals surface area contributed by atoms with Gasteiger partial charge in [0.15, 0.2) is 0 Å². The van der Waals surface area contributed by atoms with Gasteiger partial charge >= 0.3 is 0 Å². The second kappa shape index (κ2) is 22.0. The van der Waals surface area contributed by atoms with Crippen LogP contribution in [0, 0.1) is 32.1 Å². The fourth-order valence-corrected chi connectivity index (χ4v) is 9.74. The van der Waals surface area contributed by atoms with Gasteiger partial charge in [-0.25, -0.2) is 21.1 Å². The molecule has 17 heteroatoms. The Morgan fingerprint density at radius 3 is 1.47 bits per heavy atom. The minimum Gasteiger partial charge on any atom is -0.317 e. The van der Waals surface area contributed by atoms with Crippen LogP contribution in [0.25, 0.3) is 0 Å². The average molecular weight is 856 g/mol. The number of halogens is 1. The van der Waals surface area contributed by atoms with Gasteiger partial charge in [0.1, 0.15) is 0 Å². The van der Waals surface area contributed by atoms with E-state index < -0.39 is 19.1 Å². The highest BCUT2D eigenvalue weighted by molar-refractivity contribution is 8.13. The molecule has 2 aromatic carbocycles. The van der Waals surface area contributed by atoms with Crippen molar-refractivity contribution in [1.29, 1.82) is 0 Å². The number of nitrogens with zero attached hydrogens (tertiary/aromatic N) is 5. The fourth-order valence-electron chi connectivity index (χ4n) is 8.87. The van der Waals surface area contributed by atoms with Crippen molar-refractivity contribution in [3.63, 3.8) is 0 Å². The van der Waals surface area contributed by atoms with E-state index in [0.29, 0.717) is 31.1 Å². The summed E-state index contributed by atoms with van der Waals surface area (Å²) < 4.78 is 43.8. The second-order valence-electron chi connectivity index (χ2n) is 16.2. The maximum atomic E-state index is 11.7. The van der Waals surface area contributed by atoms with Gasteiger partial charge in [0.2, 0.25) is 19.1 Å². The molecule has 6 rings (SSSR count). The monoisotopic (exact) mass is 854 g/mol. The van der Waals surface area contributed by atoms with E-state index in [9.17, 15) is 37.1 Å². The number of rotatable bonds is 13. The van der Waals surface area contributed by atoms with Crippen LogP contribution in [0.3, 0.4) is 0 Å². The first-order chi connectivity index (χ1) is 26.9. The number of nitro benzene ring substituents is 2. The van der Waals surface area contributed by atoms with Crippen LogP contribution in [0.1, 0.15) is 87.5 Å². The van der Waals surface area contributed by atoms with Crippen LogP contribution < -0.4 is 5.32 Å². The summed E-state index contributed by atoms with van der Waals surface area (Å²) in [7, 11) is -1.78. The molecule has 320 valence electrons. The first-order valence-electron chi connectivity index (χ1n) is 20.5. The lowest BCUT2D eigenvalue weighted by Gasteiger charge is -2.39. The van der Waals surface area contributed by atoms with Gasteiger partial charge in [-0.3, -0.25) is 30.0 Å². The molecular weight excluding hydrogens is 792 g/mol. The van der Waals surface area contributed by atoms with Crippen LogP contribution in [-0.4, -0.2) is 118 Å². The highest BCUT2D eigenvalue weighted by atomic mass is 35.7. The van der Waals surface area contributed by atoms with E-state index in [4.69, 9.17) is 0 Å². The van der Waals surface area contributed by atoms with Gasteiger partial charge in [0.05, 0.1) is 22.4 Å². The van der Waals surface area contributed by atoms with Crippen LogP contribution in [0.15, 0.2) is 36.4 Å². The van der Waals surface area contributed by atoms with Crippen molar-refractivity contribution >= 4 is 41.1 Å². The molecular formula is C40H63ClN6O8S2. The molecule has 0 spiro atoms. The summed E-state index contributed by atoms with van der Waals surface area (Å²) >= 11 is 0. The predicted molar refractivity (Wildman–Crippen MR) is 227 cm³/mol. The lowest BCUT2D eigenvalue weighted by atomic mass is 9.86. The number of piperidine rings is 2. The molecule has 2 fully saturated rings. The van der Waals surface area contributed by atoms with Crippen molar-refractivity contribution in [2.24, 2.45) is 11.8 Å². The molecule has 2 aromatic rings. The molecule has 2 aliphatic heterocycles. The summed E-state index contributed by atoms with van der Waals surface area (Å²) in [4.78, 5) is 26.8. The number of sulfonamides is 1. The van der Waals surface area contributed by atoms with Crippen LogP contribution in [-0.2, 0) is 44.8 Å². The third kappa shape index (κ3) is 15.4. The summed E-state index contributed by atoms with van der Waals surface area (Å²) in [5.41, 5.74) is 5.24. The Morgan fingerprint density at radius 2 is 1.11 bits per heavy atom. The Balaban J connectivity index is 0.000000228. The molecule has 0 radical (unpaired) electrons. The minimum atomic E-state index is -3.19. The number of benzene rings is 2. The van der Waals surface area contributed by atoms with Crippen LogP contribution in [0.2, 0.25) is 0 Å². The van der Waals surface area contributed by atoms with Crippen molar-refractivity contribution in [3.05, 3.63) is 78.9 Å². The number of aryl methyl sites for hydroxylation is 2. The normalized spacial score (nSPS) is 20.8. The summed E-state index contributed by atoms with van der Waals surface area (Å²) in [5, 5.41) is 25.6. The number of non-ortho nitro benzene ring substituents is 2. The van der Waals surface area contributed by atoms with Crippen molar-refractivity contribution in [2.45, 2.75) is 103 Å². The number of nitrogens with one attached hydrogen (secondary N) is 1. The molecule has 2 aliphatic carbocycles. The number of nitro groups is 2. The molecule has 0 saturated carbocycles. The minimum absolute atomic E-state index is 0.176. The zero-order valence-corrected chi connectivity index (χ0v) is 36.5. The maximum Gasteiger partial charge on any atom is 0.269 e. The Hall–Kier alpha value is -2.73. The topological polar surface area (TPSA) is 176 Å². The highest BCUT2D eigenvalue weighted by Gasteiger charge is 2.31. The molecule has 0 bridgehead atoms. The molecule has 2 heterocycles. The zero-order valence-electron chi connectivity index (χ0n) is 34.1. The summed E-state index contributed by atoms with van der Waals surface area (Å²) in [6.45, 7) is 12.3. The van der Waals surface area contributed by atoms with Gasteiger partial charge in [-0.15, -0.1) is 0 Å². The molecule has 0 amide bonds. The third-order valence-electron chi connectivity index (χ3n) is 11.7. The van der Waals surface area contributed by atoms with Gasteiger partial charge in [-0.2, -0.15) is 0 Å². The summed E-state index contributed by atoms with van der Waals surface area (Å²) in [6.07, 6.45) is 14.9. The van der Waals surface area contributed by atoms with Gasteiger partial charge in [-0.1, -0.05) is 26.0 Å². The van der Waals surface area contributed by atoms with E-state index in [-0.39, 0.29) is 21.2 Å². The van der Waals surface area contributed by atoms with E-state index in [0.717, 1.165) is 102 Å². The van der Waals surface area contributed by atoms with Crippen molar-refractivity contribution in [1.82, 2.24) is 19.4 Å². The number of hydrogen-bond acceptors (Lipinski definition) is 11. The SMILES string of the molecule is CCCN(CC1CCN(S(C)(=O)=O)CC1)C1CCc2ccc([N+](=O)[O-])cc2C1.CCCN(CC1CCNCC1)C1CCc2ccc([N+](=O)[O-])cc2C1.CS(=O)(=O)Cl.